The Morgan fingerprint density at radius 1 is 1.07 bits per heavy atom. The standard InChI is InChI=1S/C32H47NO6Si/c1-10-17-26(34)27-32(22-36-31(8,9)38-27,33-28(35)39-29(2,3)4)23-37-40(30(5,6)7,24-18-13-11-14-19-24)25-20-15-12-16-21-25/h10-16,18-21,26-27,34H,1,17,22-23H2,2-9H3,(H,33,35)/t26-,27+,32-/m1/s1. The normalized spacial score (nSPS) is 22.3. The second kappa shape index (κ2) is 12.2. The number of hydrogen-bond acceptors (Lipinski definition) is 6. The zero-order valence-electron chi connectivity index (χ0n) is 25.3. The summed E-state index contributed by atoms with van der Waals surface area (Å²) in [6, 6.07) is 20.5. The van der Waals surface area contributed by atoms with Crippen molar-refractivity contribution < 1.29 is 28.5 Å². The molecule has 7 nitrogen and oxygen atoms in total. The van der Waals surface area contributed by atoms with Crippen molar-refractivity contribution in [1.29, 1.82) is 0 Å². The third-order valence-corrected chi connectivity index (χ3v) is 12.1. The fraction of sp³-hybridized carbons (Fsp3) is 0.531. The van der Waals surface area contributed by atoms with E-state index in [-0.39, 0.29) is 24.7 Å². The zero-order valence-corrected chi connectivity index (χ0v) is 26.3. The number of aliphatic hydroxyl groups is 1. The summed E-state index contributed by atoms with van der Waals surface area (Å²) in [5, 5.41) is 16.3. The maximum atomic E-state index is 13.3. The van der Waals surface area contributed by atoms with Crippen LogP contribution in [0.4, 0.5) is 4.79 Å². The van der Waals surface area contributed by atoms with E-state index in [9.17, 15) is 9.90 Å². The molecule has 0 spiro atoms. The number of carbonyl (C=O) groups excluding carboxylic acids is 1. The first-order valence-electron chi connectivity index (χ1n) is 13.9. The molecule has 3 atom stereocenters. The first-order chi connectivity index (χ1) is 18.6. The van der Waals surface area contributed by atoms with Crippen molar-refractivity contribution in [3.05, 3.63) is 73.3 Å². The summed E-state index contributed by atoms with van der Waals surface area (Å²) >= 11 is 0. The van der Waals surface area contributed by atoms with Crippen LogP contribution < -0.4 is 15.7 Å². The van der Waals surface area contributed by atoms with Gasteiger partial charge in [0.25, 0.3) is 8.32 Å². The van der Waals surface area contributed by atoms with Gasteiger partial charge in [0.1, 0.15) is 17.2 Å². The quantitative estimate of drug-likeness (QED) is 0.330. The lowest BCUT2D eigenvalue weighted by atomic mass is 9.87. The molecule has 1 fully saturated rings. The van der Waals surface area contributed by atoms with E-state index in [1.807, 2.05) is 36.4 Å². The van der Waals surface area contributed by atoms with Crippen LogP contribution in [0.1, 0.15) is 61.8 Å². The first-order valence-corrected chi connectivity index (χ1v) is 15.8. The molecule has 0 unspecified atom stereocenters. The van der Waals surface area contributed by atoms with E-state index < -0.39 is 43.5 Å². The third kappa shape index (κ3) is 7.22. The van der Waals surface area contributed by atoms with Crippen molar-refractivity contribution in [3.63, 3.8) is 0 Å². The molecule has 2 aromatic carbocycles. The maximum absolute atomic E-state index is 13.3. The minimum absolute atomic E-state index is 0.0223. The first kappa shape index (κ1) is 32.0. The lowest BCUT2D eigenvalue weighted by Gasteiger charge is -2.52. The van der Waals surface area contributed by atoms with Gasteiger partial charge in [-0.3, -0.25) is 0 Å². The Morgan fingerprint density at radius 3 is 2.05 bits per heavy atom. The second-order valence-corrected chi connectivity index (χ2v) is 17.4. The van der Waals surface area contributed by atoms with Crippen molar-refractivity contribution >= 4 is 24.8 Å². The molecule has 1 aliphatic rings. The molecule has 2 aromatic rings. The van der Waals surface area contributed by atoms with Crippen LogP contribution in [0.2, 0.25) is 5.04 Å². The Kier molecular flexibility index (Phi) is 9.74. The van der Waals surface area contributed by atoms with E-state index in [0.29, 0.717) is 0 Å². The monoisotopic (exact) mass is 569 g/mol. The fourth-order valence-corrected chi connectivity index (χ4v) is 9.98. The van der Waals surface area contributed by atoms with Crippen molar-refractivity contribution in [3.8, 4) is 0 Å². The number of alkyl carbamates (subject to hydrolysis) is 1. The number of nitrogens with one attached hydrogen (secondary N) is 1. The molecule has 3 rings (SSSR count). The average molecular weight is 570 g/mol. The molecular weight excluding hydrogens is 522 g/mol. The van der Waals surface area contributed by atoms with Gasteiger partial charge in [0, 0.05) is 0 Å². The van der Waals surface area contributed by atoms with Crippen molar-refractivity contribution in [1.82, 2.24) is 5.32 Å². The molecule has 0 saturated carbocycles. The van der Waals surface area contributed by atoms with Crippen LogP contribution in [0, 0.1) is 0 Å². The molecule has 1 heterocycles. The summed E-state index contributed by atoms with van der Waals surface area (Å²) in [5.74, 6) is -0.983. The number of hydrogen-bond donors (Lipinski definition) is 2. The molecule has 0 radical (unpaired) electrons. The topological polar surface area (TPSA) is 86.3 Å². The molecule has 8 heteroatoms. The van der Waals surface area contributed by atoms with E-state index in [2.05, 4.69) is 56.9 Å². The fourth-order valence-electron chi connectivity index (χ4n) is 5.35. The van der Waals surface area contributed by atoms with E-state index in [4.69, 9.17) is 18.6 Å². The number of rotatable bonds is 9. The van der Waals surface area contributed by atoms with Crippen LogP contribution in [0.25, 0.3) is 0 Å². The Labute approximate surface area is 241 Å². The molecular formula is C32H47NO6Si. The summed E-state index contributed by atoms with van der Waals surface area (Å²) in [5.41, 5.74) is -1.98. The molecule has 1 aliphatic heterocycles. The third-order valence-electron chi connectivity index (χ3n) is 7.10. The summed E-state index contributed by atoms with van der Waals surface area (Å²) < 4.78 is 25.4. The number of benzene rings is 2. The van der Waals surface area contributed by atoms with Gasteiger partial charge in [-0.15, -0.1) is 6.58 Å². The molecule has 0 aromatic heterocycles. The van der Waals surface area contributed by atoms with Crippen molar-refractivity contribution in [2.24, 2.45) is 0 Å². The van der Waals surface area contributed by atoms with Crippen molar-refractivity contribution in [2.75, 3.05) is 13.2 Å². The van der Waals surface area contributed by atoms with E-state index >= 15 is 0 Å². The minimum Gasteiger partial charge on any atom is -0.444 e. The van der Waals surface area contributed by atoms with Gasteiger partial charge >= 0.3 is 6.09 Å². The molecule has 0 aliphatic carbocycles. The van der Waals surface area contributed by atoms with Crippen LogP contribution in [0.15, 0.2) is 73.3 Å². The summed E-state index contributed by atoms with van der Waals surface area (Å²) in [6.07, 6.45) is -0.574. The number of amides is 1. The highest BCUT2D eigenvalue weighted by molar-refractivity contribution is 6.99. The smallest absolute Gasteiger partial charge is 0.408 e. The van der Waals surface area contributed by atoms with Crippen LogP contribution in [-0.2, 0) is 18.6 Å². The lowest BCUT2D eigenvalue weighted by molar-refractivity contribution is -0.319. The highest BCUT2D eigenvalue weighted by atomic mass is 28.4. The van der Waals surface area contributed by atoms with Gasteiger partial charge in [-0.05, 0) is 56.5 Å². The number of carbonyl (C=O) groups is 1. The number of ether oxygens (including phenoxy) is 3. The van der Waals surface area contributed by atoms with Crippen LogP contribution in [0.5, 0.6) is 0 Å². The number of aliphatic hydroxyl groups excluding tert-OH is 1. The highest BCUT2D eigenvalue weighted by Gasteiger charge is 2.56. The SMILES string of the molecule is C=CC[C@@H](O)[C@@H]1OC(C)(C)OC[C@]1(CO[Si](c1ccccc1)(c1ccccc1)C(C)(C)C)NC(=O)OC(C)(C)C. The predicted molar refractivity (Wildman–Crippen MR) is 161 cm³/mol. The van der Waals surface area contributed by atoms with Crippen molar-refractivity contribution in [2.45, 2.75) is 96.0 Å². The molecule has 2 N–H and O–H groups in total. The molecule has 220 valence electrons. The van der Waals surface area contributed by atoms with Crippen LogP contribution in [-0.4, -0.2) is 61.9 Å². The largest absolute Gasteiger partial charge is 0.444 e. The summed E-state index contributed by atoms with van der Waals surface area (Å²) in [7, 11) is -3.00. The van der Waals surface area contributed by atoms with Gasteiger partial charge in [-0.1, -0.05) is 87.5 Å². The Morgan fingerprint density at radius 2 is 1.60 bits per heavy atom. The van der Waals surface area contributed by atoms with Crippen LogP contribution >= 0.6 is 0 Å². The summed E-state index contributed by atoms with van der Waals surface area (Å²) in [4.78, 5) is 13.3. The van der Waals surface area contributed by atoms with Gasteiger partial charge in [0.05, 0.1) is 19.3 Å². The van der Waals surface area contributed by atoms with E-state index in [1.165, 1.54) is 0 Å². The molecule has 1 saturated heterocycles. The van der Waals surface area contributed by atoms with Gasteiger partial charge < -0.3 is 29.1 Å². The molecule has 40 heavy (non-hydrogen) atoms. The van der Waals surface area contributed by atoms with Crippen LogP contribution in [0.3, 0.4) is 0 Å². The zero-order chi connectivity index (χ0) is 29.8. The van der Waals surface area contributed by atoms with Gasteiger partial charge in [0.15, 0.2) is 5.79 Å². The lowest BCUT2D eigenvalue weighted by Crippen LogP contribution is -2.74. The van der Waals surface area contributed by atoms with Gasteiger partial charge in [-0.2, -0.15) is 0 Å². The average Bonchev–Trinajstić information content (AvgIpc) is 2.85. The van der Waals surface area contributed by atoms with Gasteiger partial charge in [0.2, 0.25) is 0 Å². The van der Waals surface area contributed by atoms with Gasteiger partial charge in [-0.25, -0.2) is 4.79 Å². The Bertz CT molecular complexity index is 1090. The summed E-state index contributed by atoms with van der Waals surface area (Å²) in [6.45, 7) is 19.4. The second-order valence-electron chi connectivity index (χ2n) is 13.1. The van der Waals surface area contributed by atoms with E-state index in [0.717, 1.165) is 10.4 Å². The Hall–Kier alpha value is -2.49. The molecule has 1 amide bonds. The van der Waals surface area contributed by atoms with E-state index in [1.54, 1.807) is 40.7 Å². The molecule has 0 bridgehead atoms. The highest BCUT2D eigenvalue weighted by Crippen LogP contribution is 2.39. The Balaban J connectivity index is 2.17. The predicted octanol–water partition coefficient (Wildman–Crippen LogP) is 4.92. The maximum Gasteiger partial charge on any atom is 0.408 e. The minimum atomic E-state index is -3.00.